The minimum absolute atomic E-state index is 0.176. The molecule has 2 saturated heterocycles. The van der Waals surface area contributed by atoms with Crippen LogP contribution in [0.15, 0.2) is 6.07 Å². The van der Waals surface area contributed by atoms with Crippen LogP contribution in [0.2, 0.25) is 0 Å². The predicted molar refractivity (Wildman–Crippen MR) is 88.3 cm³/mol. The van der Waals surface area contributed by atoms with Crippen LogP contribution in [-0.4, -0.2) is 70.9 Å². The van der Waals surface area contributed by atoms with Gasteiger partial charge in [-0.15, -0.1) is 0 Å². The van der Waals surface area contributed by atoms with Crippen LogP contribution >= 0.6 is 0 Å². The molecular formula is C17H28N4O2. The van der Waals surface area contributed by atoms with Gasteiger partial charge in [0.05, 0.1) is 11.8 Å². The third-order valence-corrected chi connectivity index (χ3v) is 4.82. The van der Waals surface area contributed by atoms with Crippen LogP contribution in [0.25, 0.3) is 0 Å². The van der Waals surface area contributed by atoms with Crippen molar-refractivity contribution in [1.82, 2.24) is 19.6 Å². The van der Waals surface area contributed by atoms with Crippen molar-refractivity contribution in [3.8, 4) is 0 Å². The minimum atomic E-state index is 0.176. The summed E-state index contributed by atoms with van der Waals surface area (Å²) in [5, 5.41) is 4.39. The Bertz CT molecular complexity index is 537. The van der Waals surface area contributed by atoms with Gasteiger partial charge in [-0.2, -0.15) is 5.10 Å². The maximum absolute atomic E-state index is 12.6. The Hall–Kier alpha value is -1.40. The molecule has 6 heteroatoms. The summed E-state index contributed by atoms with van der Waals surface area (Å²) in [5.41, 5.74) is 2.01. The van der Waals surface area contributed by atoms with Crippen molar-refractivity contribution in [3.63, 3.8) is 0 Å². The van der Waals surface area contributed by atoms with Crippen LogP contribution in [0.4, 0.5) is 0 Å². The standard InChI is InChI=1S/C17H28N4O2/c1-14-11-15(2)21(18-14)13-17(22)20-7-4-6-19(8-9-20)12-16-5-3-10-23-16/h11,16H,3-10,12-13H2,1-2H3/t16-/m0/s1. The molecule has 0 radical (unpaired) electrons. The first kappa shape index (κ1) is 16.5. The molecule has 1 aromatic heterocycles. The number of rotatable bonds is 4. The van der Waals surface area contributed by atoms with E-state index in [1.807, 2.05) is 29.5 Å². The molecule has 0 bridgehead atoms. The molecule has 0 aromatic carbocycles. The summed E-state index contributed by atoms with van der Waals surface area (Å²) in [6, 6.07) is 2.01. The Kier molecular flexibility index (Phi) is 5.33. The summed E-state index contributed by atoms with van der Waals surface area (Å²) in [4.78, 5) is 17.0. The Balaban J connectivity index is 1.50. The lowest BCUT2D eigenvalue weighted by Crippen LogP contribution is -2.39. The molecule has 0 spiro atoms. The van der Waals surface area contributed by atoms with Gasteiger partial charge < -0.3 is 9.64 Å². The van der Waals surface area contributed by atoms with Crippen molar-refractivity contribution in [3.05, 3.63) is 17.5 Å². The zero-order valence-electron chi connectivity index (χ0n) is 14.3. The lowest BCUT2D eigenvalue weighted by Gasteiger charge is -2.24. The summed E-state index contributed by atoms with van der Waals surface area (Å²) < 4.78 is 7.54. The lowest BCUT2D eigenvalue weighted by molar-refractivity contribution is -0.131. The maximum Gasteiger partial charge on any atom is 0.244 e. The predicted octanol–water partition coefficient (Wildman–Crippen LogP) is 1.21. The van der Waals surface area contributed by atoms with Gasteiger partial charge in [0, 0.05) is 38.5 Å². The normalized spacial score (nSPS) is 23.2. The molecule has 128 valence electrons. The number of ether oxygens (including phenoxy) is 1. The molecule has 3 heterocycles. The summed E-state index contributed by atoms with van der Waals surface area (Å²) in [5.74, 6) is 0.176. The van der Waals surface area contributed by atoms with Crippen LogP contribution in [0, 0.1) is 13.8 Å². The zero-order chi connectivity index (χ0) is 16.2. The average Bonchev–Trinajstić information content (AvgIpc) is 3.04. The number of nitrogens with zero attached hydrogens (tertiary/aromatic N) is 4. The number of aromatic nitrogens is 2. The Labute approximate surface area is 138 Å². The number of aryl methyl sites for hydroxylation is 2. The van der Waals surface area contributed by atoms with Crippen molar-refractivity contribution in [1.29, 1.82) is 0 Å². The quantitative estimate of drug-likeness (QED) is 0.837. The molecule has 3 rings (SSSR count). The van der Waals surface area contributed by atoms with E-state index in [1.165, 1.54) is 12.8 Å². The van der Waals surface area contributed by atoms with E-state index in [4.69, 9.17) is 4.74 Å². The van der Waals surface area contributed by atoms with E-state index in [1.54, 1.807) is 0 Å². The smallest absolute Gasteiger partial charge is 0.244 e. The second-order valence-corrected chi connectivity index (χ2v) is 6.75. The molecule has 0 saturated carbocycles. The van der Waals surface area contributed by atoms with Gasteiger partial charge >= 0.3 is 0 Å². The van der Waals surface area contributed by atoms with Crippen molar-refractivity contribution in [2.75, 3.05) is 39.3 Å². The molecule has 2 aliphatic heterocycles. The molecule has 1 aromatic rings. The fourth-order valence-corrected chi connectivity index (χ4v) is 3.54. The van der Waals surface area contributed by atoms with Gasteiger partial charge in [0.15, 0.2) is 0 Å². The average molecular weight is 320 g/mol. The fourth-order valence-electron chi connectivity index (χ4n) is 3.54. The number of carbonyl (C=O) groups is 1. The van der Waals surface area contributed by atoms with Crippen molar-refractivity contribution >= 4 is 5.91 Å². The van der Waals surface area contributed by atoms with E-state index in [2.05, 4.69) is 10.00 Å². The number of carbonyl (C=O) groups excluding carboxylic acids is 1. The van der Waals surface area contributed by atoms with Gasteiger partial charge in [-0.25, -0.2) is 0 Å². The highest BCUT2D eigenvalue weighted by atomic mass is 16.5. The minimum Gasteiger partial charge on any atom is -0.377 e. The second kappa shape index (κ2) is 7.45. The first-order valence-electron chi connectivity index (χ1n) is 8.74. The van der Waals surface area contributed by atoms with Crippen molar-refractivity contribution in [2.45, 2.75) is 45.8 Å². The fraction of sp³-hybridized carbons (Fsp3) is 0.765. The number of hydrogen-bond donors (Lipinski definition) is 0. The van der Waals surface area contributed by atoms with E-state index in [9.17, 15) is 4.79 Å². The third kappa shape index (κ3) is 4.32. The van der Waals surface area contributed by atoms with E-state index in [-0.39, 0.29) is 5.91 Å². The van der Waals surface area contributed by atoms with Gasteiger partial charge in [-0.3, -0.25) is 14.4 Å². The lowest BCUT2D eigenvalue weighted by atomic mass is 10.2. The summed E-state index contributed by atoms with van der Waals surface area (Å²) >= 11 is 0. The van der Waals surface area contributed by atoms with Crippen LogP contribution in [0.5, 0.6) is 0 Å². The van der Waals surface area contributed by atoms with E-state index in [0.717, 1.165) is 57.1 Å². The SMILES string of the molecule is Cc1cc(C)n(CC(=O)N2CCCN(C[C@@H]3CCCO3)CC2)n1. The molecule has 2 fully saturated rings. The van der Waals surface area contributed by atoms with Gasteiger partial charge in [-0.1, -0.05) is 0 Å². The van der Waals surface area contributed by atoms with Crippen LogP contribution < -0.4 is 0 Å². The number of amides is 1. The highest BCUT2D eigenvalue weighted by Crippen LogP contribution is 2.15. The molecule has 1 atom stereocenters. The van der Waals surface area contributed by atoms with E-state index < -0.39 is 0 Å². The maximum atomic E-state index is 12.6. The molecule has 23 heavy (non-hydrogen) atoms. The van der Waals surface area contributed by atoms with Crippen LogP contribution in [0.1, 0.15) is 30.7 Å². The third-order valence-electron chi connectivity index (χ3n) is 4.82. The summed E-state index contributed by atoms with van der Waals surface area (Å²) in [6.45, 7) is 9.90. The van der Waals surface area contributed by atoms with Crippen molar-refractivity contribution < 1.29 is 9.53 Å². The zero-order valence-corrected chi connectivity index (χ0v) is 14.3. The van der Waals surface area contributed by atoms with Gasteiger partial charge in [0.1, 0.15) is 6.54 Å². The molecule has 1 amide bonds. The monoisotopic (exact) mass is 320 g/mol. The van der Waals surface area contributed by atoms with Crippen molar-refractivity contribution in [2.24, 2.45) is 0 Å². The van der Waals surface area contributed by atoms with Gasteiger partial charge in [0.25, 0.3) is 0 Å². The molecule has 2 aliphatic rings. The van der Waals surface area contributed by atoms with Gasteiger partial charge in [0.2, 0.25) is 5.91 Å². The first-order valence-corrected chi connectivity index (χ1v) is 8.74. The Morgan fingerprint density at radius 3 is 2.83 bits per heavy atom. The topological polar surface area (TPSA) is 50.6 Å². The second-order valence-electron chi connectivity index (χ2n) is 6.75. The largest absolute Gasteiger partial charge is 0.377 e. The highest BCUT2D eigenvalue weighted by Gasteiger charge is 2.23. The molecular weight excluding hydrogens is 292 g/mol. The first-order chi connectivity index (χ1) is 11.1. The number of hydrogen-bond acceptors (Lipinski definition) is 4. The molecule has 0 N–H and O–H groups in total. The van der Waals surface area contributed by atoms with E-state index >= 15 is 0 Å². The van der Waals surface area contributed by atoms with Crippen LogP contribution in [-0.2, 0) is 16.1 Å². The highest BCUT2D eigenvalue weighted by molar-refractivity contribution is 5.76. The summed E-state index contributed by atoms with van der Waals surface area (Å²) in [6.07, 6.45) is 3.80. The molecule has 0 aliphatic carbocycles. The van der Waals surface area contributed by atoms with E-state index in [0.29, 0.717) is 12.6 Å². The molecule has 0 unspecified atom stereocenters. The van der Waals surface area contributed by atoms with Crippen LogP contribution in [0.3, 0.4) is 0 Å². The Morgan fingerprint density at radius 1 is 1.26 bits per heavy atom. The Morgan fingerprint density at radius 2 is 2.13 bits per heavy atom. The molecule has 6 nitrogen and oxygen atoms in total. The summed E-state index contributed by atoms with van der Waals surface area (Å²) in [7, 11) is 0. The van der Waals surface area contributed by atoms with Gasteiger partial charge in [-0.05, 0) is 45.7 Å².